The maximum Gasteiger partial charge on any atom is 0.328 e. The van der Waals surface area contributed by atoms with Crippen molar-refractivity contribution in [3.63, 3.8) is 0 Å². The Bertz CT molecular complexity index is 1280. The van der Waals surface area contributed by atoms with E-state index < -0.39 is 12.2 Å². The number of halogens is 2. The van der Waals surface area contributed by atoms with Crippen molar-refractivity contribution in [1.82, 2.24) is 24.5 Å². The first kappa shape index (κ1) is 21.5. The Morgan fingerprint density at radius 1 is 0.939 bits per heavy atom. The van der Waals surface area contributed by atoms with Crippen LogP contribution in [0.5, 0.6) is 11.8 Å². The second-order valence-electron chi connectivity index (χ2n) is 7.17. The second-order valence-corrected chi connectivity index (χ2v) is 8.01. The van der Waals surface area contributed by atoms with Crippen LogP contribution < -0.4 is 9.64 Å². The number of nitrogens with zero attached hydrogens (tertiary/aromatic N) is 6. The molecular formula is C22H20F2N6O2S. The van der Waals surface area contributed by atoms with Crippen molar-refractivity contribution in [1.29, 1.82) is 0 Å². The summed E-state index contributed by atoms with van der Waals surface area (Å²) < 4.78 is 40.6. The third kappa shape index (κ3) is 4.33. The molecule has 1 fully saturated rings. The zero-order valence-corrected chi connectivity index (χ0v) is 18.5. The number of para-hydroxylation sites is 3. The predicted molar refractivity (Wildman–Crippen MR) is 121 cm³/mol. The van der Waals surface area contributed by atoms with E-state index in [9.17, 15) is 8.78 Å². The summed E-state index contributed by atoms with van der Waals surface area (Å²) in [5, 5.41) is 0. The van der Waals surface area contributed by atoms with Crippen molar-refractivity contribution < 1.29 is 18.3 Å². The van der Waals surface area contributed by atoms with E-state index >= 15 is 0 Å². The van der Waals surface area contributed by atoms with Gasteiger partial charge < -0.3 is 14.4 Å². The van der Waals surface area contributed by atoms with Crippen LogP contribution in [0.25, 0.3) is 17.0 Å². The molecule has 0 radical (unpaired) electrons. The number of hydrogen-bond acceptors (Lipinski definition) is 8. The van der Waals surface area contributed by atoms with Crippen molar-refractivity contribution in [2.24, 2.45) is 0 Å². The Morgan fingerprint density at radius 3 is 2.45 bits per heavy atom. The van der Waals surface area contributed by atoms with Crippen molar-refractivity contribution in [2.75, 3.05) is 37.5 Å². The van der Waals surface area contributed by atoms with Crippen LogP contribution in [0, 0.1) is 0 Å². The molecule has 2 aromatic carbocycles. The van der Waals surface area contributed by atoms with Gasteiger partial charge in [-0.05, 0) is 30.5 Å². The molecule has 0 bridgehead atoms. The monoisotopic (exact) mass is 470 g/mol. The largest absolute Gasteiger partial charge is 0.423 e. The first-order valence-electron chi connectivity index (χ1n) is 10.3. The molecule has 5 rings (SSSR count). The van der Waals surface area contributed by atoms with Crippen LogP contribution in [0.2, 0.25) is 0 Å². The number of aromatic nitrogens is 5. The quantitative estimate of drug-likeness (QED) is 0.381. The van der Waals surface area contributed by atoms with Gasteiger partial charge >= 0.3 is 6.01 Å². The molecule has 1 aliphatic rings. The van der Waals surface area contributed by atoms with E-state index in [0.717, 1.165) is 4.90 Å². The van der Waals surface area contributed by atoms with Gasteiger partial charge in [0, 0.05) is 18.0 Å². The van der Waals surface area contributed by atoms with Gasteiger partial charge in [-0.1, -0.05) is 24.3 Å². The Hall–Kier alpha value is -3.31. The van der Waals surface area contributed by atoms with Crippen LogP contribution in [0.4, 0.5) is 14.7 Å². The standard InChI is InChI=1S/C22H20F2N6O2S/c1-33-17-9-5-4-8-16(17)32-22-27-20(29-10-12-31-13-11-29)26-21(28-22)30-15-7-3-2-6-14(15)25-19(30)18(23)24/h2-9,18H,10-13H2,1H3. The molecule has 0 spiro atoms. The Morgan fingerprint density at radius 2 is 1.67 bits per heavy atom. The SMILES string of the molecule is CSc1ccccc1Oc1nc(N2CCOCC2)nc(-n2c(C(F)F)nc3ccccc32)n1. The number of hydrogen-bond donors (Lipinski definition) is 0. The molecule has 33 heavy (non-hydrogen) atoms. The highest BCUT2D eigenvalue weighted by Crippen LogP contribution is 2.32. The molecule has 1 aliphatic heterocycles. The number of anilines is 1. The number of morpholine rings is 1. The average Bonchev–Trinajstić information content (AvgIpc) is 3.25. The van der Waals surface area contributed by atoms with Gasteiger partial charge in [-0.3, -0.25) is 4.57 Å². The van der Waals surface area contributed by atoms with Crippen LogP contribution in [-0.4, -0.2) is 57.1 Å². The summed E-state index contributed by atoms with van der Waals surface area (Å²) >= 11 is 1.52. The minimum atomic E-state index is -2.82. The highest BCUT2D eigenvalue weighted by molar-refractivity contribution is 7.98. The number of benzene rings is 2. The fourth-order valence-corrected chi connectivity index (χ4v) is 4.11. The molecule has 4 aromatic rings. The molecule has 8 nitrogen and oxygen atoms in total. The maximum absolute atomic E-state index is 13.9. The third-order valence-corrected chi connectivity index (χ3v) is 5.91. The zero-order valence-electron chi connectivity index (χ0n) is 17.7. The lowest BCUT2D eigenvalue weighted by Gasteiger charge is -2.27. The predicted octanol–water partition coefficient (Wildman–Crippen LogP) is 4.50. The van der Waals surface area contributed by atoms with Crippen LogP contribution in [0.15, 0.2) is 53.4 Å². The molecule has 170 valence electrons. The average molecular weight is 471 g/mol. The van der Waals surface area contributed by atoms with Crippen LogP contribution in [0.3, 0.4) is 0 Å². The normalized spacial score (nSPS) is 14.2. The summed E-state index contributed by atoms with van der Waals surface area (Å²) in [6.07, 6.45) is -0.880. The van der Waals surface area contributed by atoms with E-state index in [1.54, 1.807) is 30.3 Å². The molecule has 2 aromatic heterocycles. The van der Waals surface area contributed by atoms with Crippen molar-refractivity contribution in [3.8, 4) is 17.7 Å². The topological polar surface area (TPSA) is 78.2 Å². The van der Waals surface area contributed by atoms with Gasteiger partial charge in [-0.2, -0.15) is 15.0 Å². The number of rotatable bonds is 6. The number of imidazole rings is 1. The van der Waals surface area contributed by atoms with E-state index in [0.29, 0.717) is 49.0 Å². The summed E-state index contributed by atoms with van der Waals surface area (Å²) in [5.74, 6) is 0.482. The van der Waals surface area contributed by atoms with Gasteiger partial charge in [0.05, 0.1) is 24.2 Å². The molecule has 0 atom stereocenters. The van der Waals surface area contributed by atoms with Gasteiger partial charge in [0.1, 0.15) is 5.75 Å². The van der Waals surface area contributed by atoms with Gasteiger partial charge in [-0.25, -0.2) is 13.8 Å². The Labute approximate surface area is 192 Å². The van der Waals surface area contributed by atoms with Gasteiger partial charge in [0.15, 0.2) is 5.82 Å². The van der Waals surface area contributed by atoms with E-state index in [1.807, 2.05) is 29.4 Å². The van der Waals surface area contributed by atoms with E-state index in [-0.39, 0.29) is 12.0 Å². The third-order valence-electron chi connectivity index (χ3n) is 5.14. The lowest BCUT2D eigenvalue weighted by Crippen LogP contribution is -2.37. The molecule has 0 N–H and O–H groups in total. The van der Waals surface area contributed by atoms with Crippen LogP contribution in [0.1, 0.15) is 12.2 Å². The van der Waals surface area contributed by atoms with E-state index in [4.69, 9.17) is 9.47 Å². The van der Waals surface area contributed by atoms with E-state index in [1.165, 1.54) is 16.3 Å². The maximum atomic E-state index is 13.9. The summed E-state index contributed by atoms with van der Waals surface area (Å²) in [6, 6.07) is 14.4. The van der Waals surface area contributed by atoms with Gasteiger partial charge in [-0.15, -0.1) is 11.8 Å². The number of ether oxygens (including phenoxy) is 2. The number of thioether (sulfide) groups is 1. The van der Waals surface area contributed by atoms with E-state index in [2.05, 4.69) is 19.9 Å². The fourth-order valence-electron chi connectivity index (χ4n) is 3.59. The van der Waals surface area contributed by atoms with Crippen molar-refractivity contribution in [2.45, 2.75) is 11.3 Å². The summed E-state index contributed by atoms with van der Waals surface area (Å²) in [7, 11) is 0. The molecule has 0 unspecified atom stereocenters. The first-order valence-corrected chi connectivity index (χ1v) is 11.5. The number of fused-ring (bicyclic) bond motifs is 1. The second kappa shape index (κ2) is 9.28. The molecular weight excluding hydrogens is 450 g/mol. The minimum absolute atomic E-state index is 0.0148. The summed E-state index contributed by atoms with van der Waals surface area (Å²) in [4.78, 5) is 20.4. The van der Waals surface area contributed by atoms with Crippen LogP contribution >= 0.6 is 11.8 Å². The molecule has 11 heteroatoms. The highest BCUT2D eigenvalue weighted by Gasteiger charge is 2.25. The smallest absolute Gasteiger partial charge is 0.328 e. The lowest BCUT2D eigenvalue weighted by atomic mass is 10.3. The number of alkyl halides is 2. The lowest BCUT2D eigenvalue weighted by molar-refractivity contribution is 0.122. The Kier molecular flexibility index (Phi) is 6.05. The fraction of sp³-hybridized carbons (Fsp3) is 0.273. The minimum Gasteiger partial charge on any atom is -0.423 e. The molecule has 0 amide bonds. The molecule has 1 saturated heterocycles. The van der Waals surface area contributed by atoms with Crippen LogP contribution in [-0.2, 0) is 4.74 Å². The summed E-state index contributed by atoms with van der Waals surface area (Å²) in [6.45, 7) is 2.17. The molecule has 0 saturated carbocycles. The first-order chi connectivity index (χ1) is 16.1. The molecule has 3 heterocycles. The highest BCUT2D eigenvalue weighted by atomic mass is 32.2. The van der Waals surface area contributed by atoms with Crippen molar-refractivity contribution >= 4 is 28.7 Å². The Balaban J connectivity index is 1.67. The van der Waals surface area contributed by atoms with Gasteiger partial charge in [0.25, 0.3) is 6.43 Å². The van der Waals surface area contributed by atoms with Crippen molar-refractivity contribution in [3.05, 3.63) is 54.4 Å². The molecule has 0 aliphatic carbocycles. The zero-order chi connectivity index (χ0) is 22.8. The summed E-state index contributed by atoms with van der Waals surface area (Å²) in [5.41, 5.74) is 0.902. The van der Waals surface area contributed by atoms with Gasteiger partial charge in [0.2, 0.25) is 11.9 Å².